The van der Waals surface area contributed by atoms with Gasteiger partial charge in [-0.15, -0.1) is 0 Å². The molecule has 120 valence electrons. The Morgan fingerprint density at radius 2 is 2.00 bits per heavy atom. The van der Waals surface area contributed by atoms with Crippen molar-refractivity contribution in [3.05, 3.63) is 0 Å². The quantitative estimate of drug-likeness (QED) is 0.724. The topological polar surface area (TPSA) is 38.7 Å². The molecule has 2 fully saturated rings. The molecule has 0 aromatic rings. The van der Waals surface area contributed by atoms with Crippen molar-refractivity contribution >= 4 is 11.7 Å². The van der Waals surface area contributed by atoms with Gasteiger partial charge in [0, 0.05) is 11.1 Å². The van der Waals surface area contributed by atoms with Gasteiger partial charge in [-0.05, 0) is 57.8 Å². The first-order valence-corrected chi connectivity index (χ1v) is 8.31. The highest BCUT2D eigenvalue weighted by Gasteiger charge is 2.59. The lowest BCUT2D eigenvalue weighted by molar-refractivity contribution is -0.156. The van der Waals surface area contributed by atoms with Crippen LogP contribution in [0.4, 0.5) is 0 Å². The van der Waals surface area contributed by atoms with E-state index in [1.165, 1.54) is 18.6 Å². The van der Waals surface area contributed by atoms with Gasteiger partial charge >= 0.3 is 5.97 Å². The molecule has 0 spiro atoms. The van der Waals surface area contributed by atoms with Crippen LogP contribution in [0.25, 0.3) is 0 Å². The van der Waals surface area contributed by atoms with Crippen molar-refractivity contribution in [2.75, 3.05) is 0 Å². The van der Waals surface area contributed by atoms with Crippen LogP contribution in [0.5, 0.6) is 0 Å². The van der Waals surface area contributed by atoms with Crippen molar-refractivity contribution in [1.82, 2.24) is 0 Å². The Labute approximate surface area is 129 Å². The highest BCUT2D eigenvalue weighted by molar-refractivity contribution is 5.96. The van der Waals surface area contributed by atoms with Crippen LogP contribution in [0, 0.1) is 16.7 Å². The van der Waals surface area contributed by atoms with E-state index in [2.05, 4.69) is 20.8 Å². The van der Waals surface area contributed by atoms with Gasteiger partial charge < -0.3 is 4.74 Å². The number of rotatable bonds is 3. The SMILES string of the molecule is CC[C@H](N=C1C[C@H]2CC[C@]1(C)C2(C)C)C(=O)OC(C)(C)C. The Kier molecular flexibility index (Phi) is 4.01. The van der Waals surface area contributed by atoms with Crippen LogP contribution in [0.15, 0.2) is 4.99 Å². The highest BCUT2D eigenvalue weighted by atomic mass is 16.6. The second kappa shape index (κ2) is 5.10. The molecule has 2 saturated carbocycles. The lowest BCUT2D eigenvalue weighted by atomic mass is 9.70. The molecule has 0 saturated heterocycles. The maximum absolute atomic E-state index is 12.3. The monoisotopic (exact) mass is 293 g/mol. The molecule has 0 aliphatic heterocycles. The number of aliphatic imine (C=N–C) groups is 1. The van der Waals surface area contributed by atoms with E-state index in [-0.39, 0.29) is 17.4 Å². The maximum Gasteiger partial charge on any atom is 0.331 e. The van der Waals surface area contributed by atoms with Crippen LogP contribution in [-0.4, -0.2) is 23.3 Å². The van der Waals surface area contributed by atoms with Gasteiger partial charge in [0.1, 0.15) is 11.6 Å². The van der Waals surface area contributed by atoms with Crippen molar-refractivity contribution in [2.24, 2.45) is 21.7 Å². The normalized spacial score (nSPS) is 34.2. The molecule has 2 rings (SSSR count). The summed E-state index contributed by atoms with van der Waals surface area (Å²) in [6.45, 7) is 14.8. The molecule has 3 nitrogen and oxygen atoms in total. The van der Waals surface area contributed by atoms with Gasteiger partial charge in [0.05, 0.1) is 0 Å². The number of carbonyl (C=O) groups excluding carboxylic acids is 1. The molecule has 0 heterocycles. The summed E-state index contributed by atoms with van der Waals surface area (Å²) >= 11 is 0. The summed E-state index contributed by atoms with van der Waals surface area (Å²) in [4.78, 5) is 17.2. The predicted molar refractivity (Wildman–Crippen MR) is 86.6 cm³/mol. The van der Waals surface area contributed by atoms with E-state index >= 15 is 0 Å². The molecule has 0 N–H and O–H groups in total. The first-order chi connectivity index (χ1) is 9.51. The number of nitrogens with zero attached hydrogens (tertiary/aromatic N) is 1. The van der Waals surface area contributed by atoms with Gasteiger partial charge in [-0.25, -0.2) is 4.79 Å². The summed E-state index contributed by atoms with van der Waals surface area (Å²) < 4.78 is 5.52. The van der Waals surface area contributed by atoms with Crippen molar-refractivity contribution < 1.29 is 9.53 Å². The van der Waals surface area contributed by atoms with E-state index < -0.39 is 5.60 Å². The third kappa shape index (κ3) is 2.76. The van der Waals surface area contributed by atoms with E-state index in [1.807, 2.05) is 27.7 Å². The van der Waals surface area contributed by atoms with Crippen LogP contribution < -0.4 is 0 Å². The molecule has 0 aromatic carbocycles. The standard InChI is InChI=1S/C18H31NO2/c1-8-13(15(20)21-16(2,3)4)19-14-11-12-9-10-18(14,7)17(12,5)6/h12-13H,8-11H2,1-7H3/t12-,13+,18+/m1/s1. The van der Waals surface area contributed by atoms with E-state index in [4.69, 9.17) is 9.73 Å². The van der Waals surface area contributed by atoms with E-state index in [0.717, 1.165) is 12.3 Å². The van der Waals surface area contributed by atoms with Gasteiger partial charge in [-0.2, -0.15) is 0 Å². The fourth-order valence-electron chi connectivity index (χ4n) is 3.99. The fraction of sp³-hybridized carbons (Fsp3) is 0.889. The smallest absolute Gasteiger partial charge is 0.331 e. The molecule has 2 aliphatic carbocycles. The Morgan fingerprint density at radius 1 is 1.38 bits per heavy atom. The van der Waals surface area contributed by atoms with E-state index in [1.54, 1.807) is 0 Å². The highest BCUT2D eigenvalue weighted by Crippen LogP contribution is 2.64. The first-order valence-electron chi connectivity index (χ1n) is 8.31. The molecule has 0 amide bonds. The molecule has 0 aromatic heterocycles. The van der Waals surface area contributed by atoms with Crippen LogP contribution in [-0.2, 0) is 9.53 Å². The zero-order chi connectivity index (χ0) is 16.1. The third-order valence-electron chi connectivity index (χ3n) is 5.89. The minimum atomic E-state index is -0.442. The van der Waals surface area contributed by atoms with Crippen LogP contribution in [0.2, 0.25) is 0 Å². The fourth-order valence-corrected chi connectivity index (χ4v) is 3.99. The summed E-state index contributed by atoms with van der Waals surface area (Å²) in [6, 6.07) is -0.341. The van der Waals surface area contributed by atoms with Gasteiger partial charge in [-0.3, -0.25) is 4.99 Å². The van der Waals surface area contributed by atoms with Crippen LogP contribution >= 0.6 is 0 Å². The first kappa shape index (κ1) is 16.5. The van der Waals surface area contributed by atoms with E-state index in [0.29, 0.717) is 11.8 Å². The zero-order valence-electron chi connectivity index (χ0n) is 14.7. The van der Waals surface area contributed by atoms with Crippen LogP contribution in [0.3, 0.4) is 0 Å². The summed E-state index contributed by atoms with van der Waals surface area (Å²) in [5.41, 5.74) is 1.27. The zero-order valence-corrected chi connectivity index (χ0v) is 14.7. The Balaban J connectivity index is 2.21. The largest absolute Gasteiger partial charge is 0.458 e. The Hall–Kier alpha value is -0.860. The maximum atomic E-state index is 12.3. The molecule has 0 radical (unpaired) electrons. The average molecular weight is 293 g/mol. The lowest BCUT2D eigenvalue weighted by Gasteiger charge is -2.35. The van der Waals surface area contributed by atoms with Crippen LogP contribution in [0.1, 0.15) is 74.1 Å². The molecule has 0 unspecified atom stereocenters. The molecule has 3 atom stereocenters. The number of hydrogen-bond acceptors (Lipinski definition) is 3. The number of hydrogen-bond donors (Lipinski definition) is 0. The number of esters is 1. The molecular weight excluding hydrogens is 262 g/mol. The molecular formula is C18H31NO2. The summed E-state index contributed by atoms with van der Waals surface area (Å²) in [5, 5.41) is 0. The average Bonchev–Trinajstić information content (AvgIpc) is 2.66. The second-order valence-electron chi connectivity index (χ2n) is 8.53. The number of ether oxygens (including phenoxy) is 1. The van der Waals surface area contributed by atoms with Gasteiger partial charge in [0.25, 0.3) is 0 Å². The number of carbonyl (C=O) groups is 1. The van der Waals surface area contributed by atoms with Crippen molar-refractivity contribution in [1.29, 1.82) is 0 Å². The summed E-state index contributed by atoms with van der Waals surface area (Å²) in [5.74, 6) is 0.541. The minimum absolute atomic E-state index is 0.160. The van der Waals surface area contributed by atoms with Crippen molar-refractivity contribution in [3.63, 3.8) is 0 Å². The van der Waals surface area contributed by atoms with Crippen molar-refractivity contribution in [2.45, 2.75) is 85.8 Å². The van der Waals surface area contributed by atoms with Gasteiger partial charge in [0.2, 0.25) is 0 Å². The minimum Gasteiger partial charge on any atom is -0.458 e. The summed E-state index contributed by atoms with van der Waals surface area (Å²) in [6.07, 6.45) is 4.27. The lowest BCUT2D eigenvalue weighted by Crippen LogP contribution is -2.35. The molecule has 2 aliphatic rings. The predicted octanol–water partition coefficient (Wildman–Crippen LogP) is 4.39. The number of fused-ring (bicyclic) bond motifs is 2. The van der Waals surface area contributed by atoms with Gasteiger partial charge in [0.15, 0.2) is 0 Å². The molecule has 21 heavy (non-hydrogen) atoms. The van der Waals surface area contributed by atoms with Gasteiger partial charge in [-0.1, -0.05) is 27.7 Å². The second-order valence-corrected chi connectivity index (χ2v) is 8.53. The van der Waals surface area contributed by atoms with E-state index in [9.17, 15) is 4.79 Å². The molecule has 3 heteroatoms. The molecule has 2 bridgehead atoms. The Morgan fingerprint density at radius 3 is 2.38 bits per heavy atom. The Bertz CT molecular complexity index is 458. The summed E-state index contributed by atoms with van der Waals surface area (Å²) in [7, 11) is 0. The third-order valence-corrected chi connectivity index (χ3v) is 5.89. The van der Waals surface area contributed by atoms with Crippen molar-refractivity contribution in [3.8, 4) is 0 Å².